The van der Waals surface area contributed by atoms with E-state index in [2.05, 4.69) is 4.89 Å². The van der Waals surface area contributed by atoms with Gasteiger partial charge in [0.15, 0.2) is 0 Å². The summed E-state index contributed by atoms with van der Waals surface area (Å²) in [7, 11) is 0. The van der Waals surface area contributed by atoms with Crippen molar-refractivity contribution in [3.63, 3.8) is 0 Å². The lowest BCUT2D eigenvalue weighted by atomic mass is 10.4. The van der Waals surface area contributed by atoms with Crippen LogP contribution in [0.4, 0.5) is 0 Å². The summed E-state index contributed by atoms with van der Waals surface area (Å²) in [5.41, 5.74) is 5.05. The summed E-state index contributed by atoms with van der Waals surface area (Å²) in [6.07, 6.45) is 0. The molecule has 4 nitrogen and oxygen atoms in total. The smallest absolute Gasteiger partial charge is 0.0993 e. The van der Waals surface area contributed by atoms with Crippen molar-refractivity contribution in [2.75, 3.05) is 13.2 Å². The first-order chi connectivity index (χ1) is 3.31. The van der Waals surface area contributed by atoms with E-state index < -0.39 is 6.04 Å². The lowest BCUT2D eigenvalue weighted by Gasteiger charge is -2.01. The summed E-state index contributed by atoms with van der Waals surface area (Å²) in [4.78, 5) is 3.61. The molecular formula is C3H9NO3. The zero-order valence-electron chi connectivity index (χ0n) is 3.87. The third-order valence-corrected chi connectivity index (χ3v) is 0.523. The van der Waals surface area contributed by atoms with Crippen LogP contribution in [0.15, 0.2) is 0 Å². The molecule has 0 bridgehead atoms. The van der Waals surface area contributed by atoms with Gasteiger partial charge in [-0.2, -0.15) is 0 Å². The third kappa shape index (κ3) is 3.68. The Labute approximate surface area is 41.4 Å². The summed E-state index contributed by atoms with van der Waals surface area (Å²) in [6.45, 7) is -0.183. The summed E-state index contributed by atoms with van der Waals surface area (Å²) in [5.74, 6) is 0. The number of nitrogens with two attached hydrogens (primary N) is 1. The fraction of sp³-hybridized carbons (Fsp3) is 1.00. The van der Waals surface area contributed by atoms with E-state index in [0.29, 0.717) is 0 Å². The Morgan fingerprint density at radius 1 is 1.71 bits per heavy atom. The van der Waals surface area contributed by atoms with Crippen LogP contribution in [-0.2, 0) is 4.89 Å². The number of aliphatic hydroxyl groups is 1. The van der Waals surface area contributed by atoms with E-state index in [9.17, 15) is 0 Å². The molecule has 0 rings (SSSR count). The fourth-order valence-corrected chi connectivity index (χ4v) is 0.148. The highest BCUT2D eigenvalue weighted by molar-refractivity contribution is 4.53. The van der Waals surface area contributed by atoms with E-state index in [4.69, 9.17) is 16.1 Å². The topological polar surface area (TPSA) is 75.7 Å². The highest BCUT2D eigenvalue weighted by atomic mass is 17.1. The molecule has 0 aliphatic heterocycles. The molecule has 0 aromatic heterocycles. The van der Waals surface area contributed by atoms with Crippen LogP contribution in [-0.4, -0.2) is 29.6 Å². The minimum Gasteiger partial charge on any atom is -0.395 e. The van der Waals surface area contributed by atoms with E-state index in [1.807, 2.05) is 0 Å². The second-order valence-corrected chi connectivity index (χ2v) is 1.24. The highest BCUT2D eigenvalue weighted by Crippen LogP contribution is 1.73. The number of hydrogen-bond donors (Lipinski definition) is 3. The molecule has 1 unspecified atom stereocenters. The predicted molar refractivity (Wildman–Crippen MR) is 23.6 cm³/mol. The predicted octanol–water partition coefficient (Wildman–Crippen LogP) is -1.20. The minimum atomic E-state index is -0.468. The molecule has 1 atom stereocenters. The van der Waals surface area contributed by atoms with Gasteiger partial charge in [0.1, 0.15) is 0 Å². The number of hydrogen-bond acceptors (Lipinski definition) is 4. The molecular weight excluding hydrogens is 98.0 g/mol. The molecule has 0 fully saturated rings. The molecule has 0 aliphatic carbocycles. The third-order valence-electron chi connectivity index (χ3n) is 0.523. The van der Waals surface area contributed by atoms with Crippen LogP contribution in [0.2, 0.25) is 0 Å². The average molecular weight is 107 g/mol. The van der Waals surface area contributed by atoms with Crippen LogP contribution >= 0.6 is 0 Å². The lowest BCUT2D eigenvalue weighted by molar-refractivity contribution is -0.246. The Balaban J connectivity index is 2.83. The zero-order chi connectivity index (χ0) is 5.70. The van der Waals surface area contributed by atoms with Crippen molar-refractivity contribution in [2.45, 2.75) is 6.04 Å². The monoisotopic (exact) mass is 107 g/mol. The largest absolute Gasteiger partial charge is 0.395 e. The lowest BCUT2D eigenvalue weighted by Crippen LogP contribution is -2.29. The molecule has 0 aromatic rings. The Morgan fingerprint density at radius 2 is 2.29 bits per heavy atom. The number of aliphatic hydroxyl groups excluding tert-OH is 1. The van der Waals surface area contributed by atoms with Gasteiger partial charge in [0.05, 0.1) is 19.3 Å². The normalized spacial score (nSPS) is 14.1. The maximum Gasteiger partial charge on any atom is 0.0993 e. The molecule has 44 valence electrons. The van der Waals surface area contributed by atoms with Crippen LogP contribution < -0.4 is 5.73 Å². The van der Waals surface area contributed by atoms with E-state index in [1.54, 1.807) is 0 Å². The standard InChI is InChI=1S/C3H9NO3/c4-3(1-5)2-7-6/h3,5-6H,1-2,4H2. The summed E-state index contributed by atoms with van der Waals surface area (Å²) >= 11 is 0. The van der Waals surface area contributed by atoms with Gasteiger partial charge in [-0.25, -0.2) is 4.89 Å². The van der Waals surface area contributed by atoms with Crippen LogP contribution in [0.1, 0.15) is 0 Å². The van der Waals surface area contributed by atoms with Gasteiger partial charge >= 0.3 is 0 Å². The van der Waals surface area contributed by atoms with Crippen molar-refractivity contribution in [1.29, 1.82) is 0 Å². The first-order valence-corrected chi connectivity index (χ1v) is 1.94. The molecule has 4 N–H and O–H groups in total. The summed E-state index contributed by atoms with van der Waals surface area (Å²) < 4.78 is 0. The van der Waals surface area contributed by atoms with Crippen LogP contribution in [0.3, 0.4) is 0 Å². The number of rotatable bonds is 3. The van der Waals surface area contributed by atoms with Crippen molar-refractivity contribution in [3.8, 4) is 0 Å². The Bertz CT molecular complexity index is 41.2. The van der Waals surface area contributed by atoms with Crippen molar-refractivity contribution in [1.82, 2.24) is 0 Å². The van der Waals surface area contributed by atoms with E-state index >= 15 is 0 Å². The minimum absolute atomic E-state index is 0.0174. The van der Waals surface area contributed by atoms with Crippen LogP contribution in [0, 0.1) is 0 Å². The van der Waals surface area contributed by atoms with Gasteiger partial charge < -0.3 is 10.8 Å². The van der Waals surface area contributed by atoms with Crippen molar-refractivity contribution in [3.05, 3.63) is 0 Å². The molecule has 7 heavy (non-hydrogen) atoms. The van der Waals surface area contributed by atoms with E-state index in [0.717, 1.165) is 0 Å². The van der Waals surface area contributed by atoms with E-state index in [-0.39, 0.29) is 13.2 Å². The second-order valence-electron chi connectivity index (χ2n) is 1.24. The van der Waals surface area contributed by atoms with Gasteiger partial charge in [0.2, 0.25) is 0 Å². The van der Waals surface area contributed by atoms with Crippen molar-refractivity contribution < 1.29 is 15.3 Å². The quantitative estimate of drug-likeness (QED) is 0.312. The molecule has 4 heteroatoms. The maximum absolute atomic E-state index is 8.15. The Morgan fingerprint density at radius 3 is 2.43 bits per heavy atom. The van der Waals surface area contributed by atoms with Gasteiger partial charge in [0, 0.05) is 0 Å². The summed E-state index contributed by atoms with van der Waals surface area (Å²) in [5, 5.41) is 15.8. The van der Waals surface area contributed by atoms with Crippen LogP contribution in [0.25, 0.3) is 0 Å². The fourth-order valence-electron chi connectivity index (χ4n) is 0.148. The first kappa shape index (κ1) is 6.84. The van der Waals surface area contributed by atoms with Gasteiger partial charge in [-0.3, -0.25) is 5.26 Å². The van der Waals surface area contributed by atoms with Gasteiger partial charge in [-0.1, -0.05) is 0 Å². The molecule has 0 heterocycles. The maximum atomic E-state index is 8.15. The molecule has 0 radical (unpaired) electrons. The van der Waals surface area contributed by atoms with E-state index in [1.165, 1.54) is 0 Å². The molecule has 0 saturated heterocycles. The molecule has 0 spiro atoms. The molecule has 0 aromatic carbocycles. The zero-order valence-corrected chi connectivity index (χ0v) is 3.87. The molecule has 0 saturated carbocycles. The molecule has 0 amide bonds. The van der Waals surface area contributed by atoms with Gasteiger partial charge in [-0.15, -0.1) is 0 Å². The van der Waals surface area contributed by atoms with Crippen LogP contribution in [0.5, 0.6) is 0 Å². The molecule has 0 aliphatic rings. The average Bonchev–Trinajstić information content (AvgIpc) is 1.68. The van der Waals surface area contributed by atoms with Gasteiger partial charge in [0.25, 0.3) is 0 Å². The highest BCUT2D eigenvalue weighted by Gasteiger charge is 1.96. The van der Waals surface area contributed by atoms with Crippen molar-refractivity contribution in [2.24, 2.45) is 5.73 Å². The van der Waals surface area contributed by atoms with Crippen molar-refractivity contribution >= 4 is 0 Å². The first-order valence-electron chi connectivity index (χ1n) is 1.94. The summed E-state index contributed by atoms with van der Waals surface area (Å²) in [6, 6.07) is -0.468. The second kappa shape index (κ2) is 4.01. The Kier molecular flexibility index (Phi) is 3.92. The Hall–Kier alpha value is -0.160. The SMILES string of the molecule is NC(CO)COO. The van der Waals surface area contributed by atoms with Gasteiger partial charge in [-0.05, 0) is 0 Å².